The highest BCUT2D eigenvalue weighted by molar-refractivity contribution is 7.84. The van der Waals surface area contributed by atoms with E-state index in [9.17, 15) is 0 Å². The van der Waals surface area contributed by atoms with Crippen molar-refractivity contribution in [2.24, 2.45) is 11.7 Å². The van der Waals surface area contributed by atoms with Crippen molar-refractivity contribution in [3.05, 3.63) is 23.1 Å². The molecule has 0 radical (unpaired) electrons. The molecular formula is C7H9NS. The largest absolute Gasteiger partial charge is 0.320 e. The Morgan fingerprint density at radius 3 is 3.11 bits per heavy atom. The minimum absolute atomic E-state index is 0.0577. The Morgan fingerprint density at radius 2 is 2.56 bits per heavy atom. The lowest BCUT2D eigenvalue weighted by atomic mass is 10.1. The van der Waals surface area contributed by atoms with Gasteiger partial charge in [0.05, 0.1) is 5.54 Å². The van der Waals surface area contributed by atoms with Crippen LogP contribution in [0.4, 0.5) is 0 Å². The van der Waals surface area contributed by atoms with E-state index in [1.807, 2.05) is 12.2 Å². The molecule has 2 rings (SSSR count). The van der Waals surface area contributed by atoms with Gasteiger partial charge in [0.2, 0.25) is 0 Å². The first-order valence-corrected chi connectivity index (χ1v) is 3.55. The van der Waals surface area contributed by atoms with Gasteiger partial charge in [-0.15, -0.1) is 12.6 Å². The molecule has 2 N–H and O–H groups in total. The smallest absolute Gasteiger partial charge is 0.0537 e. The second kappa shape index (κ2) is 1.44. The van der Waals surface area contributed by atoms with E-state index in [0.29, 0.717) is 5.92 Å². The number of fused-ring (bicyclic) bond motifs is 1. The fraction of sp³-hybridized carbons (Fsp3) is 0.429. The Morgan fingerprint density at radius 1 is 1.78 bits per heavy atom. The molecule has 0 bridgehead atoms. The highest BCUT2D eigenvalue weighted by atomic mass is 32.1. The van der Waals surface area contributed by atoms with Gasteiger partial charge in [-0.05, 0) is 6.42 Å². The lowest BCUT2D eigenvalue weighted by Gasteiger charge is -2.11. The van der Waals surface area contributed by atoms with Gasteiger partial charge in [-0.2, -0.15) is 0 Å². The van der Waals surface area contributed by atoms with Crippen LogP contribution < -0.4 is 5.73 Å². The van der Waals surface area contributed by atoms with E-state index in [-0.39, 0.29) is 5.54 Å². The quantitative estimate of drug-likeness (QED) is 0.483. The Labute approximate surface area is 60.0 Å². The lowest BCUT2D eigenvalue weighted by molar-refractivity contribution is 0.780. The highest BCUT2D eigenvalue weighted by Crippen LogP contribution is 2.50. The second-order valence-electron chi connectivity index (χ2n) is 2.79. The van der Waals surface area contributed by atoms with Gasteiger partial charge in [-0.3, -0.25) is 0 Å². The maximum Gasteiger partial charge on any atom is 0.0537 e. The van der Waals surface area contributed by atoms with Crippen molar-refractivity contribution in [3.63, 3.8) is 0 Å². The van der Waals surface area contributed by atoms with Gasteiger partial charge in [0.25, 0.3) is 0 Å². The second-order valence-corrected chi connectivity index (χ2v) is 3.27. The molecule has 1 saturated carbocycles. The molecule has 0 aromatic rings. The van der Waals surface area contributed by atoms with Gasteiger partial charge >= 0.3 is 0 Å². The van der Waals surface area contributed by atoms with Crippen LogP contribution in [0.1, 0.15) is 6.42 Å². The summed E-state index contributed by atoms with van der Waals surface area (Å²) in [6.07, 6.45) is 7.25. The third kappa shape index (κ3) is 0.604. The van der Waals surface area contributed by atoms with Crippen molar-refractivity contribution in [1.29, 1.82) is 0 Å². The van der Waals surface area contributed by atoms with E-state index in [1.165, 1.54) is 0 Å². The van der Waals surface area contributed by atoms with Crippen LogP contribution in [0.5, 0.6) is 0 Å². The van der Waals surface area contributed by atoms with Crippen LogP contribution in [0.25, 0.3) is 0 Å². The van der Waals surface area contributed by atoms with Gasteiger partial charge < -0.3 is 5.73 Å². The molecule has 48 valence electrons. The van der Waals surface area contributed by atoms with Crippen molar-refractivity contribution < 1.29 is 0 Å². The fourth-order valence-corrected chi connectivity index (χ4v) is 1.62. The normalized spacial score (nSPS) is 46.0. The maximum atomic E-state index is 5.90. The molecule has 0 aromatic heterocycles. The summed E-state index contributed by atoms with van der Waals surface area (Å²) in [5.41, 5.74) is 5.84. The first kappa shape index (κ1) is 5.57. The Hall–Kier alpha value is -0.210. The summed E-state index contributed by atoms with van der Waals surface area (Å²) in [5.74, 6) is 0.579. The van der Waals surface area contributed by atoms with Gasteiger partial charge in [0.15, 0.2) is 0 Å². The molecular weight excluding hydrogens is 130 g/mol. The number of hydrogen-bond donors (Lipinski definition) is 2. The molecule has 0 aliphatic heterocycles. The summed E-state index contributed by atoms with van der Waals surface area (Å²) in [4.78, 5) is 1.04. The molecule has 0 aromatic carbocycles. The van der Waals surface area contributed by atoms with Crippen molar-refractivity contribution in [2.45, 2.75) is 12.0 Å². The zero-order valence-electron chi connectivity index (χ0n) is 5.04. The summed E-state index contributed by atoms with van der Waals surface area (Å²) in [6.45, 7) is 0. The lowest BCUT2D eigenvalue weighted by Crippen LogP contribution is -2.25. The van der Waals surface area contributed by atoms with Crippen molar-refractivity contribution >= 4 is 12.6 Å². The Balaban J connectivity index is 2.38. The predicted octanol–water partition coefficient (Wildman–Crippen LogP) is 1.09. The summed E-state index contributed by atoms with van der Waals surface area (Å²) in [6, 6.07) is 0. The molecule has 1 fully saturated rings. The van der Waals surface area contributed by atoms with E-state index in [2.05, 4.69) is 18.7 Å². The molecule has 1 nitrogen and oxygen atoms in total. The number of nitrogens with two attached hydrogens (primary N) is 1. The summed E-state index contributed by atoms with van der Waals surface area (Å²) in [5, 5.41) is 0. The van der Waals surface area contributed by atoms with E-state index in [1.54, 1.807) is 0 Å². The van der Waals surface area contributed by atoms with Crippen LogP contribution in [-0.2, 0) is 0 Å². The molecule has 0 heterocycles. The van der Waals surface area contributed by atoms with Gasteiger partial charge in [0, 0.05) is 10.8 Å². The van der Waals surface area contributed by atoms with Crippen LogP contribution in [0, 0.1) is 5.92 Å². The van der Waals surface area contributed by atoms with Crippen LogP contribution in [0.2, 0.25) is 0 Å². The van der Waals surface area contributed by atoms with Crippen LogP contribution in [0.3, 0.4) is 0 Å². The van der Waals surface area contributed by atoms with E-state index in [4.69, 9.17) is 5.73 Å². The molecule has 0 spiro atoms. The number of rotatable bonds is 0. The third-order valence-electron chi connectivity index (χ3n) is 2.13. The molecule has 9 heavy (non-hydrogen) atoms. The fourth-order valence-electron chi connectivity index (χ4n) is 1.28. The van der Waals surface area contributed by atoms with E-state index >= 15 is 0 Å². The first-order chi connectivity index (χ1) is 4.23. The first-order valence-electron chi connectivity index (χ1n) is 3.10. The summed E-state index contributed by atoms with van der Waals surface area (Å²) >= 11 is 4.27. The van der Waals surface area contributed by atoms with Crippen molar-refractivity contribution in [3.8, 4) is 0 Å². The molecule has 0 amide bonds. The monoisotopic (exact) mass is 139 g/mol. The molecule has 2 heteroatoms. The highest BCUT2D eigenvalue weighted by Gasteiger charge is 2.51. The minimum Gasteiger partial charge on any atom is -0.320 e. The van der Waals surface area contributed by atoms with Gasteiger partial charge in [0.1, 0.15) is 0 Å². The van der Waals surface area contributed by atoms with Crippen molar-refractivity contribution in [2.75, 3.05) is 0 Å². The average molecular weight is 139 g/mol. The Bertz CT molecular complexity index is 207. The standard InChI is InChI=1S/C7H9NS/c8-7-4-5(7)2-1-3-6(7)9/h1-3,5,9H,4,8H2. The summed E-state index contributed by atoms with van der Waals surface area (Å²) in [7, 11) is 0. The predicted molar refractivity (Wildman–Crippen MR) is 41.2 cm³/mol. The minimum atomic E-state index is -0.0577. The third-order valence-corrected chi connectivity index (χ3v) is 2.70. The molecule has 2 unspecified atom stereocenters. The van der Waals surface area contributed by atoms with Crippen molar-refractivity contribution in [1.82, 2.24) is 0 Å². The maximum absolute atomic E-state index is 5.90. The van der Waals surface area contributed by atoms with Gasteiger partial charge in [-0.25, -0.2) is 0 Å². The van der Waals surface area contributed by atoms with E-state index < -0.39 is 0 Å². The number of hydrogen-bond acceptors (Lipinski definition) is 2. The zero-order valence-corrected chi connectivity index (χ0v) is 5.94. The number of thiol groups is 1. The van der Waals surface area contributed by atoms with Crippen LogP contribution >= 0.6 is 12.6 Å². The zero-order chi connectivity index (χ0) is 6.48. The molecule has 0 saturated heterocycles. The topological polar surface area (TPSA) is 26.0 Å². The van der Waals surface area contributed by atoms with Crippen LogP contribution in [-0.4, -0.2) is 5.54 Å². The average Bonchev–Trinajstić information content (AvgIpc) is 2.44. The van der Waals surface area contributed by atoms with Gasteiger partial charge in [-0.1, -0.05) is 18.2 Å². The van der Waals surface area contributed by atoms with Crippen LogP contribution in [0.15, 0.2) is 23.1 Å². The molecule has 2 aliphatic rings. The Kier molecular flexibility index (Phi) is 0.891. The summed E-state index contributed by atoms with van der Waals surface area (Å²) < 4.78 is 0. The number of allylic oxidation sites excluding steroid dienone is 2. The molecule has 2 aliphatic carbocycles. The molecule has 2 atom stereocenters. The van der Waals surface area contributed by atoms with E-state index in [0.717, 1.165) is 11.3 Å². The SMILES string of the molecule is NC12CC1C=CC=C2S.